The van der Waals surface area contributed by atoms with Crippen molar-refractivity contribution >= 4 is 33.4 Å². The maximum absolute atomic E-state index is 14.0. The van der Waals surface area contributed by atoms with Gasteiger partial charge in [0.1, 0.15) is 6.04 Å². The van der Waals surface area contributed by atoms with E-state index in [9.17, 15) is 18.0 Å². The lowest BCUT2D eigenvalue weighted by molar-refractivity contribution is -0.141. The normalized spacial score (nSPS) is 15.9. The Balaban J connectivity index is 1.65. The van der Waals surface area contributed by atoms with Crippen LogP contribution in [-0.2, 0) is 43.9 Å². The number of carbonyl (C=O) groups excluding carboxylic acids is 2. The van der Waals surface area contributed by atoms with E-state index in [0.29, 0.717) is 18.2 Å². The fraction of sp³-hybridized carbons (Fsp3) is 0.355. The lowest BCUT2D eigenvalue weighted by Gasteiger charge is -2.33. The molecule has 0 aromatic heterocycles. The molecular formula is C31H36ClN3O5S. The molecule has 1 N–H and O–H groups in total. The second-order valence-electron chi connectivity index (χ2n) is 10.3. The first-order chi connectivity index (χ1) is 19.7. The van der Waals surface area contributed by atoms with Gasteiger partial charge in [-0.15, -0.1) is 0 Å². The number of halogens is 1. The van der Waals surface area contributed by atoms with Gasteiger partial charge in [0.25, 0.3) is 0 Å². The maximum Gasteiger partial charge on any atom is 0.243 e. The zero-order valence-electron chi connectivity index (χ0n) is 23.1. The predicted molar refractivity (Wildman–Crippen MR) is 160 cm³/mol. The van der Waals surface area contributed by atoms with Crippen molar-refractivity contribution in [1.29, 1.82) is 0 Å². The van der Waals surface area contributed by atoms with Crippen LogP contribution in [0.25, 0.3) is 0 Å². The Morgan fingerprint density at radius 2 is 1.54 bits per heavy atom. The SMILES string of the molecule is CS(=O)(=O)N(CC(=O)N(Cc1ccc(Cl)cc1)[C@@H](Cc1ccccc1)C(=O)NC[C@H]1CCCO1)Cc1ccccc1. The van der Waals surface area contributed by atoms with Gasteiger partial charge < -0.3 is 15.0 Å². The number of amides is 2. The first-order valence-electron chi connectivity index (χ1n) is 13.7. The largest absolute Gasteiger partial charge is 0.376 e. The predicted octanol–water partition coefficient (Wildman–Crippen LogP) is 4.04. The quantitative estimate of drug-likeness (QED) is 0.321. The molecular weight excluding hydrogens is 562 g/mol. The minimum absolute atomic E-state index is 0.0365. The highest BCUT2D eigenvalue weighted by Gasteiger charge is 2.33. The summed E-state index contributed by atoms with van der Waals surface area (Å²) < 4.78 is 32.4. The highest BCUT2D eigenvalue weighted by Crippen LogP contribution is 2.19. The van der Waals surface area contributed by atoms with Crippen LogP contribution < -0.4 is 5.32 Å². The van der Waals surface area contributed by atoms with Crippen LogP contribution in [0, 0.1) is 0 Å². The molecule has 0 aliphatic carbocycles. The van der Waals surface area contributed by atoms with Gasteiger partial charge in [-0.25, -0.2) is 8.42 Å². The molecule has 0 bridgehead atoms. The van der Waals surface area contributed by atoms with Crippen molar-refractivity contribution in [3.63, 3.8) is 0 Å². The van der Waals surface area contributed by atoms with Crippen molar-refractivity contribution in [1.82, 2.24) is 14.5 Å². The van der Waals surface area contributed by atoms with Gasteiger partial charge in [0.05, 0.1) is 18.9 Å². The van der Waals surface area contributed by atoms with Gasteiger partial charge in [0.2, 0.25) is 21.8 Å². The molecule has 2 amide bonds. The number of nitrogens with one attached hydrogen (secondary N) is 1. The van der Waals surface area contributed by atoms with Gasteiger partial charge >= 0.3 is 0 Å². The molecule has 8 nitrogen and oxygen atoms in total. The Morgan fingerprint density at radius 3 is 2.12 bits per heavy atom. The molecule has 1 aliphatic rings. The average Bonchev–Trinajstić information content (AvgIpc) is 3.49. The van der Waals surface area contributed by atoms with E-state index in [1.54, 1.807) is 24.3 Å². The molecule has 1 saturated heterocycles. The van der Waals surface area contributed by atoms with Crippen LogP contribution in [0.15, 0.2) is 84.9 Å². The van der Waals surface area contributed by atoms with Gasteiger partial charge in [0.15, 0.2) is 0 Å². The third-order valence-corrected chi connectivity index (χ3v) is 8.50. The summed E-state index contributed by atoms with van der Waals surface area (Å²) in [6.45, 7) is 0.735. The summed E-state index contributed by atoms with van der Waals surface area (Å²) in [4.78, 5) is 29.3. The molecule has 4 rings (SSSR count). The number of hydrogen-bond acceptors (Lipinski definition) is 5. The van der Waals surface area contributed by atoms with Crippen molar-refractivity contribution < 1.29 is 22.7 Å². The summed E-state index contributed by atoms with van der Waals surface area (Å²) in [7, 11) is -3.74. The van der Waals surface area contributed by atoms with Crippen molar-refractivity contribution in [2.24, 2.45) is 0 Å². The molecule has 1 fully saturated rings. The molecule has 0 spiro atoms. The standard InChI is InChI=1S/C31H36ClN3O5S/c1-41(38,39)34(21-25-11-6-3-7-12-25)23-30(36)35(22-26-14-16-27(32)17-15-26)29(19-24-9-4-2-5-10-24)31(37)33-20-28-13-8-18-40-28/h2-7,9-12,14-17,28-29H,8,13,18-23H2,1H3,(H,33,37)/t28-,29+/m1/s1. The molecule has 3 aromatic carbocycles. The van der Waals surface area contributed by atoms with E-state index < -0.39 is 28.5 Å². The van der Waals surface area contributed by atoms with Crippen LogP contribution in [0.2, 0.25) is 5.02 Å². The lowest BCUT2D eigenvalue weighted by Crippen LogP contribution is -2.53. The highest BCUT2D eigenvalue weighted by atomic mass is 35.5. The third-order valence-electron chi connectivity index (χ3n) is 7.05. The van der Waals surface area contributed by atoms with Crippen molar-refractivity contribution in [3.05, 3.63) is 107 Å². The van der Waals surface area contributed by atoms with Crippen molar-refractivity contribution in [3.8, 4) is 0 Å². The van der Waals surface area contributed by atoms with Crippen LogP contribution in [0.4, 0.5) is 0 Å². The Kier molecular flexibility index (Phi) is 10.9. The summed E-state index contributed by atoms with van der Waals surface area (Å²) in [6, 6.07) is 24.7. The van der Waals surface area contributed by atoms with Gasteiger partial charge in [0, 0.05) is 37.7 Å². The van der Waals surface area contributed by atoms with Gasteiger partial charge in [-0.2, -0.15) is 4.31 Å². The maximum atomic E-state index is 14.0. The molecule has 218 valence electrons. The third kappa shape index (κ3) is 9.39. The van der Waals surface area contributed by atoms with E-state index in [4.69, 9.17) is 16.3 Å². The Morgan fingerprint density at radius 1 is 0.927 bits per heavy atom. The van der Waals surface area contributed by atoms with Crippen molar-refractivity contribution in [2.75, 3.05) is 26.0 Å². The summed E-state index contributed by atoms with van der Waals surface area (Å²) in [6.07, 6.45) is 3.08. The number of ether oxygens (including phenoxy) is 1. The van der Waals surface area contributed by atoms with E-state index in [1.807, 2.05) is 60.7 Å². The average molecular weight is 598 g/mol. The second-order valence-corrected chi connectivity index (χ2v) is 12.7. The minimum atomic E-state index is -3.74. The summed E-state index contributed by atoms with van der Waals surface area (Å²) in [5.41, 5.74) is 2.40. The van der Waals surface area contributed by atoms with Crippen LogP contribution in [0.1, 0.15) is 29.5 Å². The molecule has 3 aromatic rings. The van der Waals surface area contributed by atoms with Crippen LogP contribution >= 0.6 is 11.6 Å². The zero-order chi connectivity index (χ0) is 29.2. The molecule has 1 aliphatic heterocycles. The van der Waals surface area contributed by atoms with E-state index in [-0.39, 0.29) is 31.5 Å². The van der Waals surface area contributed by atoms with Gasteiger partial charge in [-0.1, -0.05) is 84.4 Å². The summed E-state index contributed by atoms with van der Waals surface area (Å²) in [5, 5.41) is 3.54. The molecule has 0 radical (unpaired) electrons. The summed E-state index contributed by atoms with van der Waals surface area (Å²) >= 11 is 6.10. The van der Waals surface area contributed by atoms with E-state index in [0.717, 1.165) is 40.1 Å². The number of nitrogens with zero attached hydrogens (tertiary/aromatic N) is 2. The number of rotatable bonds is 13. The molecule has 0 saturated carbocycles. The second kappa shape index (κ2) is 14.6. The fourth-order valence-electron chi connectivity index (χ4n) is 4.80. The Labute approximate surface area is 247 Å². The first kappa shape index (κ1) is 30.7. The van der Waals surface area contributed by atoms with Gasteiger partial charge in [-0.05, 0) is 41.7 Å². The van der Waals surface area contributed by atoms with Crippen molar-refractivity contribution in [2.45, 2.75) is 44.5 Å². The zero-order valence-corrected chi connectivity index (χ0v) is 24.7. The topological polar surface area (TPSA) is 96.0 Å². The molecule has 2 atom stereocenters. The van der Waals surface area contributed by atoms with Gasteiger partial charge in [-0.3, -0.25) is 9.59 Å². The number of benzene rings is 3. The molecule has 1 heterocycles. The minimum Gasteiger partial charge on any atom is -0.376 e. The van der Waals surface area contributed by atoms with E-state index >= 15 is 0 Å². The van der Waals surface area contributed by atoms with Crippen LogP contribution in [0.3, 0.4) is 0 Å². The number of sulfonamides is 1. The Bertz CT molecular complexity index is 1380. The highest BCUT2D eigenvalue weighted by molar-refractivity contribution is 7.88. The van der Waals surface area contributed by atoms with Crippen LogP contribution in [-0.4, -0.2) is 67.5 Å². The molecule has 10 heteroatoms. The van der Waals surface area contributed by atoms with E-state index in [1.165, 1.54) is 4.90 Å². The Hall–Kier alpha value is -3.24. The van der Waals surface area contributed by atoms with E-state index in [2.05, 4.69) is 5.32 Å². The monoisotopic (exact) mass is 597 g/mol. The number of carbonyl (C=O) groups is 2. The molecule has 41 heavy (non-hydrogen) atoms. The fourth-order valence-corrected chi connectivity index (χ4v) is 5.65. The first-order valence-corrected chi connectivity index (χ1v) is 15.9. The number of hydrogen-bond donors (Lipinski definition) is 1. The lowest BCUT2D eigenvalue weighted by atomic mass is 10.0. The summed E-state index contributed by atoms with van der Waals surface area (Å²) in [5.74, 6) is -0.796. The smallest absolute Gasteiger partial charge is 0.243 e. The molecule has 0 unspecified atom stereocenters. The van der Waals surface area contributed by atoms with Crippen LogP contribution in [0.5, 0.6) is 0 Å².